The minimum absolute atomic E-state index is 0.0477. The van der Waals surface area contributed by atoms with Crippen LogP contribution in [0.15, 0.2) is 23.1 Å². The van der Waals surface area contributed by atoms with Crippen molar-refractivity contribution >= 4 is 10.0 Å². The van der Waals surface area contributed by atoms with Crippen molar-refractivity contribution in [1.82, 2.24) is 4.31 Å². The molecule has 2 rings (SSSR count). The van der Waals surface area contributed by atoms with Crippen molar-refractivity contribution < 1.29 is 17.5 Å². The first-order valence-electron chi connectivity index (χ1n) is 6.17. The van der Waals surface area contributed by atoms with E-state index in [4.69, 9.17) is 10.00 Å². The van der Waals surface area contributed by atoms with Crippen LogP contribution in [-0.2, 0) is 14.8 Å². The summed E-state index contributed by atoms with van der Waals surface area (Å²) in [5.74, 6) is -0.546. The number of nitrogens with zero attached hydrogens (tertiary/aromatic N) is 2. The van der Waals surface area contributed by atoms with Crippen molar-refractivity contribution in [2.45, 2.75) is 11.3 Å². The third-order valence-electron chi connectivity index (χ3n) is 3.35. The lowest BCUT2D eigenvalue weighted by molar-refractivity contribution is 0.157. The van der Waals surface area contributed by atoms with Gasteiger partial charge in [-0.25, -0.2) is 12.8 Å². The minimum atomic E-state index is -3.68. The van der Waals surface area contributed by atoms with E-state index in [0.717, 1.165) is 18.6 Å². The highest BCUT2D eigenvalue weighted by molar-refractivity contribution is 7.89. The predicted octanol–water partition coefficient (Wildman–Crippen LogP) is 1.35. The summed E-state index contributed by atoms with van der Waals surface area (Å²) in [5.41, 5.74) is -0.265. The Balaban J connectivity index is 2.26. The second-order valence-corrected chi connectivity index (χ2v) is 6.66. The summed E-state index contributed by atoms with van der Waals surface area (Å²) in [4.78, 5) is -0.0477. The van der Waals surface area contributed by atoms with Crippen molar-refractivity contribution in [3.63, 3.8) is 0 Å². The Hall–Kier alpha value is -1.49. The van der Waals surface area contributed by atoms with Gasteiger partial charge in [-0.15, -0.1) is 0 Å². The summed E-state index contributed by atoms with van der Waals surface area (Å²) in [6, 6.07) is 4.92. The molecule has 0 amide bonds. The van der Waals surface area contributed by atoms with E-state index >= 15 is 0 Å². The molecule has 0 aliphatic carbocycles. The fraction of sp³-hybridized carbons (Fsp3) is 0.462. The Bertz CT molecular complexity index is 640. The van der Waals surface area contributed by atoms with Crippen LogP contribution in [0.25, 0.3) is 0 Å². The molecule has 1 atom stereocenters. The minimum Gasteiger partial charge on any atom is -0.384 e. The lowest BCUT2D eigenvalue weighted by Crippen LogP contribution is -2.29. The van der Waals surface area contributed by atoms with Gasteiger partial charge in [-0.2, -0.15) is 9.57 Å². The van der Waals surface area contributed by atoms with Gasteiger partial charge in [-0.3, -0.25) is 0 Å². The molecule has 1 fully saturated rings. The van der Waals surface area contributed by atoms with E-state index in [1.54, 1.807) is 13.2 Å². The number of hydrogen-bond donors (Lipinski definition) is 0. The van der Waals surface area contributed by atoms with Crippen LogP contribution in [0.2, 0.25) is 0 Å². The largest absolute Gasteiger partial charge is 0.384 e. The van der Waals surface area contributed by atoms with Gasteiger partial charge in [0.1, 0.15) is 11.9 Å². The Kier molecular flexibility index (Phi) is 4.38. The molecule has 0 N–H and O–H groups in total. The number of methoxy groups -OCH3 is 1. The number of ether oxygens (including phenoxy) is 1. The van der Waals surface area contributed by atoms with Crippen LogP contribution in [0.3, 0.4) is 0 Å². The van der Waals surface area contributed by atoms with E-state index in [2.05, 4.69) is 0 Å². The number of benzene rings is 1. The van der Waals surface area contributed by atoms with Gasteiger partial charge in [-0.05, 0) is 30.5 Å². The van der Waals surface area contributed by atoms with Crippen LogP contribution in [0.5, 0.6) is 0 Å². The summed E-state index contributed by atoms with van der Waals surface area (Å²) in [6.45, 7) is 1.31. The molecule has 7 heteroatoms. The highest BCUT2D eigenvalue weighted by atomic mass is 32.2. The quantitative estimate of drug-likeness (QED) is 0.841. The van der Waals surface area contributed by atoms with Gasteiger partial charge in [0, 0.05) is 20.2 Å². The second kappa shape index (κ2) is 5.87. The zero-order chi connectivity index (χ0) is 14.8. The van der Waals surface area contributed by atoms with Crippen molar-refractivity contribution in [2.75, 3.05) is 26.8 Å². The van der Waals surface area contributed by atoms with Gasteiger partial charge >= 0.3 is 0 Å². The average Bonchev–Trinajstić information content (AvgIpc) is 2.89. The Morgan fingerprint density at radius 2 is 2.30 bits per heavy atom. The van der Waals surface area contributed by atoms with Gasteiger partial charge in [0.25, 0.3) is 0 Å². The predicted molar refractivity (Wildman–Crippen MR) is 69.9 cm³/mol. The first kappa shape index (κ1) is 14.9. The zero-order valence-electron chi connectivity index (χ0n) is 11.0. The van der Waals surface area contributed by atoms with Crippen LogP contribution in [0, 0.1) is 23.1 Å². The Morgan fingerprint density at radius 3 is 2.95 bits per heavy atom. The van der Waals surface area contributed by atoms with E-state index < -0.39 is 15.8 Å². The van der Waals surface area contributed by atoms with Crippen molar-refractivity contribution in [1.29, 1.82) is 5.26 Å². The molecule has 1 saturated heterocycles. The molecule has 1 unspecified atom stereocenters. The first-order valence-corrected chi connectivity index (χ1v) is 7.61. The SMILES string of the molecule is COCC1CCN(S(=O)(=O)c2ccc(F)c(C#N)c2)C1. The van der Waals surface area contributed by atoms with Crippen LogP contribution in [0.1, 0.15) is 12.0 Å². The topological polar surface area (TPSA) is 70.4 Å². The summed E-state index contributed by atoms with van der Waals surface area (Å²) in [6.07, 6.45) is 0.735. The molecule has 108 valence electrons. The first-order chi connectivity index (χ1) is 9.48. The van der Waals surface area contributed by atoms with Crippen molar-refractivity contribution in [3.8, 4) is 6.07 Å². The lowest BCUT2D eigenvalue weighted by atomic mass is 10.1. The molecular weight excluding hydrogens is 283 g/mol. The summed E-state index contributed by atoms with van der Waals surface area (Å²) in [7, 11) is -2.10. The molecule has 1 aromatic rings. The molecule has 0 spiro atoms. The zero-order valence-corrected chi connectivity index (χ0v) is 11.9. The average molecular weight is 298 g/mol. The van der Waals surface area contributed by atoms with E-state index in [-0.39, 0.29) is 16.4 Å². The fourth-order valence-electron chi connectivity index (χ4n) is 2.29. The highest BCUT2D eigenvalue weighted by Gasteiger charge is 2.32. The van der Waals surface area contributed by atoms with E-state index in [1.807, 2.05) is 0 Å². The third kappa shape index (κ3) is 2.82. The second-order valence-electron chi connectivity index (χ2n) is 4.73. The van der Waals surface area contributed by atoms with Crippen molar-refractivity contribution in [2.24, 2.45) is 5.92 Å². The molecule has 0 aromatic heterocycles. The molecular formula is C13H15FN2O3S. The molecule has 1 aliphatic heterocycles. The number of sulfonamides is 1. The molecule has 0 saturated carbocycles. The van der Waals surface area contributed by atoms with E-state index in [0.29, 0.717) is 19.7 Å². The van der Waals surface area contributed by atoms with Gasteiger partial charge in [0.15, 0.2) is 0 Å². The maximum atomic E-state index is 13.3. The maximum absolute atomic E-state index is 13.3. The van der Waals surface area contributed by atoms with Crippen LogP contribution in [-0.4, -0.2) is 39.5 Å². The summed E-state index contributed by atoms with van der Waals surface area (Å²) < 4.78 is 44.5. The standard InChI is InChI=1S/C13H15FN2O3S/c1-19-9-10-4-5-16(8-10)20(17,18)12-2-3-13(14)11(6-12)7-15/h2-3,6,10H,4-5,8-9H2,1H3. The third-order valence-corrected chi connectivity index (χ3v) is 5.21. The molecule has 1 aromatic carbocycles. The maximum Gasteiger partial charge on any atom is 0.243 e. The van der Waals surface area contributed by atoms with Gasteiger partial charge in [-0.1, -0.05) is 0 Å². The van der Waals surface area contributed by atoms with Gasteiger partial charge in [0.2, 0.25) is 10.0 Å². The normalized spacial score (nSPS) is 19.9. The Labute approximate surface area is 117 Å². The fourth-order valence-corrected chi connectivity index (χ4v) is 3.84. The Morgan fingerprint density at radius 1 is 1.55 bits per heavy atom. The molecule has 1 aliphatic rings. The number of hydrogen-bond acceptors (Lipinski definition) is 4. The van der Waals surface area contributed by atoms with Crippen LogP contribution >= 0.6 is 0 Å². The summed E-state index contributed by atoms with van der Waals surface area (Å²) >= 11 is 0. The van der Waals surface area contributed by atoms with E-state index in [9.17, 15) is 12.8 Å². The smallest absolute Gasteiger partial charge is 0.243 e. The van der Waals surface area contributed by atoms with Crippen molar-refractivity contribution in [3.05, 3.63) is 29.6 Å². The molecule has 0 radical (unpaired) electrons. The molecule has 1 heterocycles. The molecule has 20 heavy (non-hydrogen) atoms. The number of rotatable bonds is 4. The van der Waals surface area contributed by atoms with Crippen LogP contribution < -0.4 is 0 Å². The van der Waals surface area contributed by atoms with Gasteiger partial charge in [0.05, 0.1) is 17.1 Å². The van der Waals surface area contributed by atoms with Crippen LogP contribution in [0.4, 0.5) is 4.39 Å². The molecule has 0 bridgehead atoms. The highest BCUT2D eigenvalue weighted by Crippen LogP contribution is 2.25. The monoisotopic (exact) mass is 298 g/mol. The number of halogens is 1. The van der Waals surface area contributed by atoms with Gasteiger partial charge < -0.3 is 4.74 Å². The summed E-state index contributed by atoms with van der Waals surface area (Å²) in [5, 5.41) is 8.77. The number of nitriles is 1. The van der Waals surface area contributed by atoms with E-state index in [1.165, 1.54) is 10.4 Å². The lowest BCUT2D eigenvalue weighted by Gasteiger charge is -2.16. The molecule has 5 nitrogen and oxygen atoms in total.